The fourth-order valence-corrected chi connectivity index (χ4v) is 2.77. The summed E-state index contributed by atoms with van der Waals surface area (Å²) in [6, 6.07) is 16.5. The molecule has 0 aliphatic carbocycles. The predicted molar refractivity (Wildman–Crippen MR) is 106 cm³/mol. The molecule has 3 rings (SSSR count). The zero-order chi connectivity index (χ0) is 18.0. The minimum Gasteiger partial charge on any atom is -0.250 e. The molecular formula is C20H22N4S. The summed E-state index contributed by atoms with van der Waals surface area (Å²) in [5, 5.41) is 11.7. The standard InChI is InChI=1S/C20H22N4S/c1-14-7-5-6-8-17(14)18-22-23-19(25)24(18)21-13-15-9-11-16(12-10-15)20(2,3)4/h5-13H,1-4H3,(H,23,25)/b21-13+. The zero-order valence-electron chi connectivity index (χ0n) is 14.9. The summed E-state index contributed by atoms with van der Waals surface area (Å²) < 4.78 is 2.14. The second-order valence-electron chi connectivity index (χ2n) is 7.10. The smallest absolute Gasteiger partial charge is 0.216 e. The molecule has 0 aliphatic heterocycles. The SMILES string of the molecule is Cc1ccccc1-c1n[nH]c(=S)n1/N=C/c1ccc(C(C)(C)C)cc1. The summed E-state index contributed by atoms with van der Waals surface area (Å²) >= 11 is 5.33. The van der Waals surface area contributed by atoms with Crippen LogP contribution in [0.1, 0.15) is 37.5 Å². The number of hydrogen-bond acceptors (Lipinski definition) is 3. The number of benzene rings is 2. The topological polar surface area (TPSA) is 46.0 Å². The van der Waals surface area contributed by atoms with Gasteiger partial charge in [0.05, 0.1) is 6.21 Å². The number of aryl methyl sites for hydroxylation is 1. The van der Waals surface area contributed by atoms with Crippen molar-refractivity contribution in [3.8, 4) is 11.4 Å². The van der Waals surface area contributed by atoms with Crippen LogP contribution in [0.4, 0.5) is 0 Å². The molecule has 0 amide bonds. The van der Waals surface area contributed by atoms with E-state index in [1.54, 1.807) is 10.9 Å². The van der Waals surface area contributed by atoms with E-state index in [9.17, 15) is 0 Å². The Morgan fingerprint density at radius 1 is 1.08 bits per heavy atom. The van der Waals surface area contributed by atoms with Crippen molar-refractivity contribution in [3.63, 3.8) is 0 Å². The van der Waals surface area contributed by atoms with Gasteiger partial charge >= 0.3 is 0 Å². The Hall–Kier alpha value is -2.53. The van der Waals surface area contributed by atoms with E-state index in [2.05, 4.69) is 60.3 Å². The van der Waals surface area contributed by atoms with Crippen LogP contribution in [0, 0.1) is 11.7 Å². The van der Waals surface area contributed by atoms with Gasteiger partial charge in [-0.2, -0.15) is 14.9 Å². The largest absolute Gasteiger partial charge is 0.250 e. The molecule has 0 bridgehead atoms. The Morgan fingerprint density at radius 3 is 2.40 bits per heavy atom. The van der Waals surface area contributed by atoms with Gasteiger partial charge in [-0.1, -0.05) is 69.3 Å². The number of hydrogen-bond donors (Lipinski definition) is 1. The van der Waals surface area contributed by atoms with Gasteiger partial charge in [0, 0.05) is 5.56 Å². The lowest BCUT2D eigenvalue weighted by Crippen LogP contribution is -2.10. The number of nitrogens with one attached hydrogen (secondary N) is 1. The van der Waals surface area contributed by atoms with E-state index in [1.807, 2.05) is 31.2 Å². The number of aromatic amines is 1. The third-order valence-corrected chi connectivity index (χ3v) is 4.40. The summed E-state index contributed by atoms with van der Waals surface area (Å²) in [4.78, 5) is 0. The predicted octanol–water partition coefficient (Wildman–Crippen LogP) is 5.10. The van der Waals surface area contributed by atoms with Gasteiger partial charge in [0.2, 0.25) is 4.77 Å². The molecule has 0 saturated carbocycles. The fourth-order valence-electron chi connectivity index (χ4n) is 2.59. The lowest BCUT2D eigenvalue weighted by atomic mass is 9.87. The Labute approximate surface area is 153 Å². The lowest BCUT2D eigenvalue weighted by molar-refractivity contribution is 0.590. The Morgan fingerprint density at radius 2 is 1.76 bits per heavy atom. The maximum Gasteiger partial charge on any atom is 0.216 e. The molecular weight excluding hydrogens is 328 g/mol. The Bertz CT molecular complexity index is 956. The molecule has 4 nitrogen and oxygen atoms in total. The highest BCUT2D eigenvalue weighted by Crippen LogP contribution is 2.23. The van der Waals surface area contributed by atoms with Gasteiger partial charge in [-0.15, -0.1) is 0 Å². The first-order valence-electron chi connectivity index (χ1n) is 8.24. The monoisotopic (exact) mass is 350 g/mol. The second kappa shape index (κ2) is 6.76. The van der Waals surface area contributed by atoms with Gasteiger partial charge in [0.15, 0.2) is 5.82 Å². The van der Waals surface area contributed by atoms with E-state index in [-0.39, 0.29) is 5.41 Å². The molecule has 0 spiro atoms. The molecule has 25 heavy (non-hydrogen) atoms. The van der Waals surface area contributed by atoms with Crippen molar-refractivity contribution in [1.29, 1.82) is 0 Å². The lowest BCUT2D eigenvalue weighted by Gasteiger charge is -2.18. The minimum atomic E-state index is 0.140. The van der Waals surface area contributed by atoms with Crippen LogP contribution in [0.2, 0.25) is 0 Å². The van der Waals surface area contributed by atoms with Crippen molar-refractivity contribution in [2.24, 2.45) is 5.10 Å². The highest BCUT2D eigenvalue weighted by molar-refractivity contribution is 7.71. The van der Waals surface area contributed by atoms with Gasteiger partial charge in [0.25, 0.3) is 0 Å². The first-order chi connectivity index (χ1) is 11.9. The van der Waals surface area contributed by atoms with E-state index < -0.39 is 0 Å². The maximum atomic E-state index is 5.33. The average Bonchev–Trinajstić information content (AvgIpc) is 2.93. The molecule has 128 valence electrons. The van der Waals surface area contributed by atoms with Crippen molar-refractivity contribution in [2.75, 3.05) is 0 Å². The van der Waals surface area contributed by atoms with Crippen molar-refractivity contribution in [1.82, 2.24) is 14.9 Å². The van der Waals surface area contributed by atoms with Crippen molar-refractivity contribution < 1.29 is 0 Å². The Kier molecular flexibility index (Phi) is 4.68. The quantitative estimate of drug-likeness (QED) is 0.528. The summed E-state index contributed by atoms with van der Waals surface area (Å²) in [6.45, 7) is 8.66. The van der Waals surface area contributed by atoms with Crippen molar-refractivity contribution in [2.45, 2.75) is 33.1 Å². The number of H-pyrrole nitrogens is 1. The van der Waals surface area contributed by atoms with E-state index in [4.69, 9.17) is 12.2 Å². The van der Waals surface area contributed by atoms with Gasteiger partial charge in [-0.3, -0.25) is 0 Å². The molecule has 3 aromatic rings. The van der Waals surface area contributed by atoms with E-state index in [1.165, 1.54) is 5.56 Å². The molecule has 1 N–H and O–H groups in total. The van der Waals surface area contributed by atoms with Crippen LogP contribution in [0.25, 0.3) is 11.4 Å². The third-order valence-electron chi connectivity index (χ3n) is 4.14. The van der Waals surface area contributed by atoms with E-state index >= 15 is 0 Å². The van der Waals surface area contributed by atoms with Crippen molar-refractivity contribution >= 4 is 18.4 Å². The first kappa shape index (κ1) is 17.3. The molecule has 0 atom stereocenters. The van der Waals surface area contributed by atoms with Gasteiger partial charge in [-0.25, -0.2) is 5.10 Å². The van der Waals surface area contributed by atoms with Crippen LogP contribution in [0.15, 0.2) is 53.6 Å². The molecule has 2 aromatic carbocycles. The molecule has 0 fully saturated rings. The third kappa shape index (κ3) is 3.77. The van der Waals surface area contributed by atoms with Gasteiger partial charge in [0.1, 0.15) is 0 Å². The molecule has 0 unspecified atom stereocenters. The zero-order valence-corrected chi connectivity index (χ0v) is 15.8. The number of aromatic nitrogens is 3. The summed E-state index contributed by atoms with van der Waals surface area (Å²) in [5.41, 5.74) is 4.59. The summed E-state index contributed by atoms with van der Waals surface area (Å²) in [6.07, 6.45) is 1.81. The number of nitrogens with zero attached hydrogens (tertiary/aromatic N) is 3. The Balaban J connectivity index is 1.94. The van der Waals surface area contributed by atoms with Gasteiger partial charge < -0.3 is 0 Å². The van der Waals surface area contributed by atoms with E-state index in [0.717, 1.165) is 16.7 Å². The highest BCUT2D eigenvalue weighted by atomic mass is 32.1. The molecule has 1 heterocycles. The second-order valence-corrected chi connectivity index (χ2v) is 7.48. The average molecular weight is 350 g/mol. The molecule has 1 aromatic heterocycles. The molecule has 0 saturated heterocycles. The van der Waals surface area contributed by atoms with Crippen LogP contribution in [-0.2, 0) is 5.41 Å². The van der Waals surface area contributed by atoms with Crippen LogP contribution in [0.5, 0.6) is 0 Å². The normalized spacial score (nSPS) is 12.0. The van der Waals surface area contributed by atoms with Crippen LogP contribution < -0.4 is 0 Å². The van der Waals surface area contributed by atoms with E-state index in [0.29, 0.717) is 10.6 Å². The molecule has 5 heteroatoms. The van der Waals surface area contributed by atoms with Crippen molar-refractivity contribution in [3.05, 3.63) is 70.0 Å². The molecule has 0 radical (unpaired) electrons. The minimum absolute atomic E-state index is 0.140. The summed E-state index contributed by atoms with van der Waals surface area (Å²) in [7, 11) is 0. The molecule has 0 aliphatic rings. The van der Waals surface area contributed by atoms with Crippen LogP contribution in [0.3, 0.4) is 0 Å². The maximum absolute atomic E-state index is 5.33. The first-order valence-corrected chi connectivity index (χ1v) is 8.65. The summed E-state index contributed by atoms with van der Waals surface area (Å²) in [5.74, 6) is 0.714. The van der Waals surface area contributed by atoms with Crippen LogP contribution in [-0.4, -0.2) is 21.1 Å². The van der Waals surface area contributed by atoms with Gasteiger partial charge in [-0.05, 0) is 41.2 Å². The highest BCUT2D eigenvalue weighted by Gasteiger charge is 2.13. The van der Waals surface area contributed by atoms with Crippen LogP contribution >= 0.6 is 12.2 Å². The number of rotatable bonds is 3. The fraction of sp³-hybridized carbons (Fsp3) is 0.250.